The second kappa shape index (κ2) is 8.52. The first kappa shape index (κ1) is 20.2. The molecule has 0 spiro atoms. The molecule has 27 heavy (non-hydrogen) atoms. The van der Waals surface area contributed by atoms with Gasteiger partial charge in [-0.2, -0.15) is 0 Å². The van der Waals surface area contributed by atoms with Gasteiger partial charge in [-0.05, 0) is 36.4 Å². The Morgan fingerprint density at radius 3 is 2.11 bits per heavy atom. The van der Waals surface area contributed by atoms with Gasteiger partial charge in [0.1, 0.15) is 11.5 Å². The quantitative estimate of drug-likeness (QED) is 0.439. The van der Waals surface area contributed by atoms with Gasteiger partial charge in [-0.3, -0.25) is 9.59 Å². The van der Waals surface area contributed by atoms with Crippen molar-refractivity contribution in [1.82, 2.24) is 10.0 Å². The SMILES string of the molecule is CC(=O)Nc1ccc(S(=O)(=O)NCCNC(=O)c2cc(O)cc(O)c2)cc1. The predicted molar refractivity (Wildman–Crippen MR) is 98.0 cm³/mol. The van der Waals surface area contributed by atoms with E-state index in [1.165, 1.54) is 43.3 Å². The monoisotopic (exact) mass is 393 g/mol. The number of anilines is 1. The van der Waals surface area contributed by atoms with Gasteiger partial charge in [0.15, 0.2) is 0 Å². The molecule has 0 radical (unpaired) electrons. The summed E-state index contributed by atoms with van der Waals surface area (Å²) in [5.74, 6) is -1.35. The van der Waals surface area contributed by atoms with Crippen molar-refractivity contribution in [3.8, 4) is 11.5 Å². The van der Waals surface area contributed by atoms with E-state index in [2.05, 4.69) is 15.4 Å². The Kier molecular flexibility index (Phi) is 6.37. The van der Waals surface area contributed by atoms with Crippen LogP contribution in [-0.4, -0.2) is 43.5 Å². The van der Waals surface area contributed by atoms with Crippen LogP contribution in [0.15, 0.2) is 47.4 Å². The Labute approximate surface area is 156 Å². The maximum atomic E-state index is 12.2. The molecule has 2 rings (SSSR count). The minimum absolute atomic E-state index is 0.00153. The van der Waals surface area contributed by atoms with E-state index in [0.717, 1.165) is 6.07 Å². The van der Waals surface area contributed by atoms with Crippen molar-refractivity contribution < 1.29 is 28.2 Å². The predicted octanol–water partition coefficient (Wildman–Crippen LogP) is 0.764. The van der Waals surface area contributed by atoms with Crippen molar-refractivity contribution in [3.05, 3.63) is 48.0 Å². The van der Waals surface area contributed by atoms with E-state index in [0.29, 0.717) is 5.69 Å². The fourth-order valence-corrected chi connectivity index (χ4v) is 3.23. The van der Waals surface area contributed by atoms with Crippen LogP contribution in [0, 0.1) is 0 Å². The number of rotatable bonds is 7. The minimum Gasteiger partial charge on any atom is -0.508 e. The van der Waals surface area contributed by atoms with Crippen molar-refractivity contribution >= 4 is 27.5 Å². The third kappa shape index (κ3) is 5.97. The third-order valence-corrected chi connectivity index (χ3v) is 4.83. The first-order chi connectivity index (χ1) is 12.7. The maximum Gasteiger partial charge on any atom is 0.251 e. The third-order valence-electron chi connectivity index (χ3n) is 3.35. The summed E-state index contributed by atoms with van der Waals surface area (Å²) in [6.07, 6.45) is 0. The highest BCUT2D eigenvalue weighted by molar-refractivity contribution is 7.89. The summed E-state index contributed by atoms with van der Waals surface area (Å²) < 4.78 is 26.7. The summed E-state index contributed by atoms with van der Waals surface area (Å²) in [6.45, 7) is 1.28. The lowest BCUT2D eigenvalue weighted by atomic mass is 10.2. The Morgan fingerprint density at radius 2 is 1.56 bits per heavy atom. The van der Waals surface area contributed by atoms with Crippen molar-refractivity contribution in [3.63, 3.8) is 0 Å². The van der Waals surface area contributed by atoms with Gasteiger partial charge >= 0.3 is 0 Å². The number of carbonyl (C=O) groups is 2. The van der Waals surface area contributed by atoms with Crippen LogP contribution in [0.2, 0.25) is 0 Å². The molecule has 0 heterocycles. The van der Waals surface area contributed by atoms with E-state index in [9.17, 15) is 28.2 Å². The lowest BCUT2D eigenvalue weighted by molar-refractivity contribution is -0.114. The summed E-state index contributed by atoms with van der Waals surface area (Å²) in [6, 6.07) is 9.06. The number of phenolic OH excluding ortho intramolecular Hbond substituents is 2. The van der Waals surface area contributed by atoms with Gasteiger partial charge in [0, 0.05) is 37.3 Å². The number of sulfonamides is 1. The second-order valence-electron chi connectivity index (χ2n) is 5.60. The topological polar surface area (TPSA) is 145 Å². The van der Waals surface area contributed by atoms with Gasteiger partial charge in [0.25, 0.3) is 5.91 Å². The molecule has 9 nitrogen and oxygen atoms in total. The lowest BCUT2D eigenvalue weighted by Crippen LogP contribution is -2.34. The van der Waals surface area contributed by atoms with E-state index in [1.807, 2.05) is 0 Å². The van der Waals surface area contributed by atoms with Crippen molar-refractivity contribution in [1.29, 1.82) is 0 Å². The molecule has 2 amide bonds. The van der Waals surface area contributed by atoms with Crippen LogP contribution in [-0.2, 0) is 14.8 Å². The number of carbonyl (C=O) groups excluding carboxylic acids is 2. The first-order valence-corrected chi connectivity index (χ1v) is 9.34. The number of amides is 2. The van der Waals surface area contributed by atoms with Gasteiger partial charge in [-0.25, -0.2) is 13.1 Å². The lowest BCUT2D eigenvalue weighted by Gasteiger charge is -2.09. The van der Waals surface area contributed by atoms with Gasteiger partial charge in [0.2, 0.25) is 15.9 Å². The maximum absolute atomic E-state index is 12.2. The second-order valence-corrected chi connectivity index (χ2v) is 7.36. The number of phenols is 2. The molecule has 0 unspecified atom stereocenters. The Morgan fingerprint density at radius 1 is 0.963 bits per heavy atom. The molecule has 0 saturated heterocycles. The number of nitrogens with one attached hydrogen (secondary N) is 3. The highest BCUT2D eigenvalue weighted by atomic mass is 32.2. The molecular weight excluding hydrogens is 374 g/mol. The molecular formula is C17H19N3O6S. The molecule has 0 saturated carbocycles. The molecule has 0 atom stereocenters. The van der Waals surface area contributed by atoms with Crippen molar-refractivity contribution in [2.45, 2.75) is 11.8 Å². The normalized spacial score (nSPS) is 11.0. The largest absolute Gasteiger partial charge is 0.508 e. The number of aromatic hydroxyl groups is 2. The van der Waals surface area contributed by atoms with Crippen molar-refractivity contribution in [2.75, 3.05) is 18.4 Å². The molecule has 0 fully saturated rings. The molecule has 2 aromatic carbocycles. The molecule has 2 aromatic rings. The molecule has 0 aliphatic heterocycles. The van der Waals surface area contributed by atoms with Crippen LogP contribution >= 0.6 is 0 Å². The minimum atomic E-state index is -3.78. The number of hydrogen-bond donors (Lipinski definition) is 5. The van der Waals surface area contributed by atoms with Gasteiger partial charge in [-0.15, -0.1) is 0 Å². The molecule has 0 bridgehead atoms. The van der Waals surface area contributed by atoms with Crippen LogP contribution in [0.4, 0.5) is 5.69 Å². The van der Waals surface area contributed by atoms with Crippen LogP contribution in [0.1, 0.15) is 17.3 Å². The zero-order valence-corrected chi connectivity index (χ0v) is 15.2. The molecule has 0 aromatic heterocycles. The van der Waals surface area contributed by atoms with Crippen molar-refractivity contribution in [2.24, 2.45) is 0 Å². The van der Waals surface area contributed by atoms with Gasteiger partial charge in [0.05, 0.1) is 4.90 Å². The van der Waals surface area contributed by atoms with E-state index >= 15 is 0 Å². The Bertz CT molecular complexity index is 921. The Hall–Kier alpha value is -3.11. The van der Waals surface area contributed by atoms with Gasteiger partial charge in [-0.1, -0.05) is 0 Å². The molecule has 0 aliphatic rings. The Balaban J connectivity index is 1.88. The summed E-state index contributed by atoms with van der Waals surface area (Å²) >= 11 is 0. The first-order valence-electron chi connectivity index (χ1n) is 7.86. The van der Waals surface area contributed by atoms with Crippen LogP contribution < -0.4 is 15.4 Å². The fourth-order valence-electron chi connectivity index (χ4n) is 2.19. The number of hydrogen-bond acceptors (Lipinski definition) is 6. The molecule has 0 aliphatic carbocycles. The molecule has 144 valence electrons. The standard InChI is InChI=1S/C17H19N3O6S/c1-11(21)20-13-2-4-16(5-3-13)27(25,26)19-7-6-18-17(24)12-8-14(22)10-15(23)9-12/h2-5,8-10,19,22-23H,6-7H2,1H3,(H,18,24)(H,20,21). The smallest absolute Gasteiger partial charge is 0.251 e. The number of benzene rings is 2. The highest BCUT2D eigenvalue weighted by Crippen LogP contribution is 2.20. The van der Waals surface area contributed by atoms with Crippen LogP contribution in [0.25, 0.3) is 0 Å². The summed E-state index contributed by atoms with van der Waals surface area (Å²) in [7, 11) is -3.78. The molecule has 5 N–H and O–H groups in total. The van der Waals surface area contributed by atoms with E-state index in [1.54, 1.807) is 0 Å². The average Bonchev–Trinajstić information content (AvgIpc) is 2.57. The zero-order chi connectivity index (χ0) is 20.0. The van der Waals surface area contributed by atoms with E-state index < -0.39 is 15.9 Å². The summed E-state index contributed by atoms with van der Waals surface area (Å²) in [5.41, 5.74) is 0.520. The fraction of sp³-hybridized carbons (Fsp3) is 0.176. The summed E-state index contributed by atoms with van der Waals surface area (Å²) in [4.78, 5) is 22.9. The van der Waals surface area contributed by atoms with Crippen LogP contribution in [0.3, 0.4) is 0 Å². The van der Waals surface area contributed by atoms with Crippen LogP contribution in [0.5, 0.6) is 11.5 Å². The molecule has 10 heteroatoms. The van der Waals surface area contributed by atoms with E-state index in [4.69, 9.17) is 0 Å². The average molecular weight is 393 g/mol. The zero-order valence-electron chi connectivity index (χ0n) is 14.4. The van der Waals surface area contributed by atoms with E-state index in [-0.39, 0.29) is 41.0 Å². The summed E-state index contributed by atoms with van der Waals surface area (Å²) in [5, 5.41) is 23.7. The van der Waals surface area contributed by atoms with Gasteiger partial charge < -0.3 is 20.8 Å². The highest BCUT2D eigenvalue weighted by Gasteiger charge is 2.14.